The highest BCUT2D eigenvalue weighted by Crippen LogP contribution is 2.25. The molecule has 1 N–H and O–H groups in total. The fraction of sp³-hybridized carbons (Fsp3) is 0.417. The summed E-state index contributed by atoms with van der Waals surface area (Å²) in [6.07, 6.45) is 0. The standard InChI is InChI=1S/C24H31N3O3/c1-17(25-22(28)16-29-5)23-26-20-8-6-7-9-21(20)27(23)14-15-30-19-12-10-18(11-13-19)24(2,3)4/h6-13,17H,14-16H2,1-5H3,(H,25,28). The van der Waals surface area contributed by atoms with Gasteiger partial charge in [-0.05, 0) is 42.2 Å². The number of rotatable bonds is 8. The maximum Gasteiger partial charge on any atom is 0.246 e. The Balaban J connectivity index is 1.74. The lowest BCUT2D eigenvalue weighted by molar-refractivity contribution is -0.125. The second kappa shape index (κ2) is 9.30. The van der Waals surface area contributed by atoms with Crippen molar-refractivity contribution >= 4 is 16.9 Å². The van der Waals surface area contributed by atoms with E-state index in [1.807, 2.05) is 43.3 Å². The monoisotopic (exact) mass is 409 g/mol. The topological polar surface area (TPSA) is 65.4 Å². The van der Waals surface area contributed by atoms with Crippen molar-refractivity contribution in [1.82, 2.24) is 14.9 Å². The van der Waals surface area contributed by atoms with E-state index in [4.69, 9.17) is 14.5 Å². The van der Waals surface area contributed by atoms with E-state index in [-0.39, 0.29) is 24.0 Å². The minimum Gasteiger partial charge on any atom is -0.492 e. The summed E-state index contributed by atoms with van der Waals surface area (Å²) in [5.74, 6) is 1.47. The highest BCUT2D eigenvalue weighted by molar-refractivity contribution is 5.78. The van der Waals surface area contributed by atoms with Gasteiger partial charge in [-0.3, -0.25) is 4.79 Å². The molecule has 0 aliphatic rings. The molecule has 0 aliphatic heterocycles. The predicted octanol–water partition coefficient (Wildman–Crippen LogP) is 4.24. The van der Waals surface area contributed by atoms with Crippen LogP contribution in [0.5, 0.6) is 5.75 Å². The van der Waals surface area contributed by atoms with E-state index in [1.54, 1.807) is 0 Å². The molecule has 0 bridgehead atoms. The lowest BCUT2D eigenvalue weighted by atomic mass is 9.87. The fourth-order valence-corrected chi connectivity index (χ4v) is 3.44. The number of methoxy groups -OCH3 is 1. The van der Waals surface area contributed by atoms with Gasteiger partial charge >= 0.3 is 0 Å². The predicted molar refractivity (Wildman–Crippen MR) is 119 cm³/mol. The zero-order chi connectivity index (χ0) is 21.7. The van der Waals surface area contributed by atoms with Crippen molar-refractivity contribution in [3.8, 4) is 5.75 Å². The third-order valence-corrected chi connectivity index (χ3v) is 5.03. The fourth-order valence-electron chi connectivity index (χ4n) is 3.44. The SMILES string of the molecule is COCC(=O)NC(C)c1nc2ccccc2n1CCOc1ccc(C(C)(C)C)cc1. The quantitative estimate of drug-likeness (QED) is 0.604. The van der Waals surface area contributed by atoms with Crippen LogP contribution in [0.25, 0.3) is 11.0 Å². The van der Waals surface area contributed by atoms with E-state index in [1.165, 1.54) is 12.7 Å². The average Bonchev–Trinajstić information content (AvgIpc) is 3.07. The molecule has 3 rings (SSSR count). The minimum absolute atomic E-state index is 0.0260. The van der Waals surface area contributed by atoms with Crippen LogP contribution in [0, 0.1) is 0 Å². The van der Waals surface area contributed by atoms with Gasteiger partial charge in [-0.15, -0.1) is 0 Å². The van der Waals surface area contributed by atoms with Gasteiger partial charge in [-0.2, -0.15) is 0 Å². The number of carbonyl (C=O) groups is 1. The first-order valence-corrected chi connectivity index (χ1v) is 10.3. The maximum absolute atomic E-state index is 12.0. The Hall–Kier alpha value is -2.86. The number of nitrogens with zero attached hydrogens (tertiary/aromatic N) is 2. The number of para-hydroxylation sites is 2. The summed E-state index contributed by atoms with van der Waals surface area (Å²) >= 11 is 0. The van der Waals surface area contributed by atoms with Crippen LogP contribution in [0.15, 0.2) is 48.5 Å². The Bertz CT molecular complexity index is 987. The van der Waals surface area contributed by atoms with E-state index in [9.17, 15) is 4.79 Å². The Labute approximate surface area is 178 Å². The van der Waals surface area contributed by atoms with Crippen LogP contribution < -0.4 is 10.1 Å². The Kier molecular flexibility index (Phi) is 6.77. The van der Waals surface area contributed by atoms with Crippen molar-refractivity contribution in [2.45, 2.75) is 45.7 Å². The first-order chi connectivity index (χ1) is 14.3. The highest BCUT2D eigenvalue weighted by atomic mass is 16.5. The molecule has 1 unspecified atom stereocenters. The van der Waals surface area contributed by atoms with Gasteiger partial charge in [0.1, 0.15) is 24.8 Å². The van der Waals surface area contributed by atoms with Crippen LogP contribution in [0.1, 0.15) is 45.1 Å². The van der Waals surface area contributed by atoms with Crippen molar-refractivity contribution in [2.24, 2.45) is 0 Å². The molecule has 30 heavy (non-hydrogen) atoms. The van der Waals surface area contributed by atoms with Crippen LogP contribution in [0.3, 0.4) is 0 Å². The smallest absolute Gasteiger partial charge is 0.246 e. The summed E-state index contributed by atoms with van der Waals surface area (Å²) in [4.78, 5) is 16.7. The van der Waals surface area contributed by atoms with Crippen LogP contribution in [0.4, 0.5) is 0 Å². The molecule has 160 valence electrons. The van der Waals surface area contributed by atoms with Gasteiger partial charge in [0.2, 0.25) is 5.91 Å². The van der Waals surface area contributed by atoms with Gasteiger partial charge in [0.25, 0.3) is 0 Å². The number of benzene rings is 2. The molecule has 0 saturated carbocycles. The molecule has 0 aliphatic carbocycles. The minimum atomic E-state index is -0.244. The Morgan fingerprint density at radius 1 is 1.13 bits per heavy atom. The summed E-state index contributed by atoms with van der Waals surface area (Å²) < 4.78 is 13.0. The van der Waals surface area contributed by atoms with E-state index in [0.717, 1.165) is 22.6 Å². The highest BCUT2D eigenvalue weighted by Gasteiger charge is 2.18. The Morgan fingerprint density at radius 2 is 1.83 bits per heavy atom. The number of hydrogen-bond donors (Lipinski definition) is 1. The molecule has 1 heterocycles. The molecular formula is C24H31N3O3. The third kappa shape index (κ3) is 5.19. The molecule has 2 aromatic carbocycles. The van der Waals surface area contributed by atoms with Crippen molar-refractivity contribution in [3.05, 3.63) is 59.9 Å². The molecule has 1 aromatic heterocycles. The molecule has 0 radical (unpaired) electrons. The number of fused-ring (bicyclic) bond motifs is 1. The molecule has 1 atom stereocenters. The molecule has 0 spiro atoms. The molecule has 3 aromatic rings. The number of carbonyl (C=O) groups excluding carboxylic acids is 1. The molecule has 1 amide bonds. The number of nitrogens with one attached hydrogen (secondary N) is 1. The summed E-state index contributed by atoms with van der Waals surface area (Å²) in [6, 6.07) is 16.0. The van der Waals surface area contributed by atoms with Crippen molar-refractivity contribution in [3.63, 3.8) is 0 Å². The van der Waals surface area contributed by atoms with Crippen LogP contribution in [-0.4, -0.2) is 35.8 Å². The molecular weight excluding hydrogens is 378 g/mol. The second-order valence-electron chi connectivity index (χ2n) is 8.46. The molecule has 6 nitrogen and oxygen atoms in total. The van der Waals surface area contributed by atoms with Crippen LogP contribution >= 0.6 is 0 Å². The van der Waals surface area contributed by atoms with Gasteiger partial charge in [0, 0.05) is 7.11 Å². The van der Waals surface area contributed by atoms with Crippen molar-refractivity contribution < 1.29 is 14.3 Å². The first kappa shape index (κ1) is 21.8. The van der Waals surface area contributed by atoms with E-state index in [2.05, 4.69) is 42.8 Å². The molecule has 0 fully saturated rings. The first-order valence-electron chi connectivity index (χ1n) is 10.3. The lowest BCUT2D eigenvalue weighted by Crippen LogP contribution is -2.31. The van der Waals surface area contributed by atoms with E-state index in [0.29, 0.717) is 13.2 Å². The second-order valence-corrected chi connectivity index (χ2v) is 8.46. The zero-order valence-electron chi connectivity index (χ0n) is 18.4. The Morgan fingerprint density at radius 3 is 2.50 bits per heavy atom. The van der Waals surface area contributed by atoms with Gasteiger partial charge in [0.15, 0.2) is 0 Å². The normalized spacial score (nSPS) is 12.7. The van der Waals surface area contributed by atoms with Gasteiger partial charge in [0.05, 0.1) is 23.6 Å². The average molecular weight is 410 g/mol. The zero-order valence-corrected chi connectivity index (χ0v) is 18.4. The van der Waals surface area contributed by atoms with E-state index < -0.39 is 0 Å². The summed E-state index contributed by atoms with van der Waals surface area (Å²) in [5, 5.41) is 2.94. The third-order valence-electron chi connectivity index (χ3n) is 5.03. The summed E-state index contributed by atoms with van der Waals surface area (Å²) in [7, 11) is 1.50. The molecule has 0 saturated heterocycles. The summed E-state index contributed by atoms with van der Waals surface area (Å²) in [6.45, 7) is 9.67. The van der Waals surface area contributed by atoms with Gasteiger partial charge in [-0.25, -0.2) is 4.98 Å². The molecule has 6 heteroatoms. The van der Waals surface area contributed by atoms with E-state index >= 15 is 0 Å². The largest absolute Gasteiger partial charge is 0.492 e. The summed E-state index contributed by atoms with van der Waals surface area (Å²) in [5.41, 5.74) is 3.31. The van der Waals surface area contributed by atoms with Crippen molar-refractivity contribution in [2.75, 3.05) is 20.3 Å². The van der Waals surface area contributed by atoms with Crippen LogP contribution in [-0.2, 0) is 21.5 Å². The van der Waals surface area contributed by atoms with Crippen LogP contribution in [0.2, 0.25) is 0 Å². The van der Waals surface area contributed by atoms with Gasteiger partial charge in [-0.1, -0.05) is 45.0 Å². The number of imidazole rings is 1. The lowest BCUT2D eigenvalue weighted by Gasteiger charge is -2.19. The number of aromatic nitrogens is 2. The maximum atomic E-state index is 12.0. The van der Waals surface area contributed by atoms with Gasteiger partial charge < -0.3 is 19.4 Å². The number of hydrogen-bond acceptors (Lipinski definition) is 4. The van der Waals surface area contributed by atoms with Crippen molar-refractivity contribution in [1.29, 1.82) is 0 Å². The number of amides is 1. The number of ether oxygens (including phenoxy) is 2.